The number of halogens is 1. The number of hydrogen-bond acceptors (Lipinski definition) is 3. The molecule has 0 saturated carbocycles. The first-order valence-electron chi connectivity index (χ1n) is 6.85. The summed E-state index contributed by atoms with van der Waals surface area (Å²) in [6.45, 7) is 5.04. The molecule has 3 nitrogen and oxygen atoms in total. The Kier molecular flexibility index (Phi) is 5.38. The molecule has 1 atom stereocenters. The monoisotopic (exact) mass is 344 g/mol. The minimum absolute atomic E-state index is 0.164. The molecule has 0 bridgehead atoms. The lowest BCUT2D eigenvalue weighted by molar-refractivity contribution is 0.461. The molecule has 0 aliphatic carbocycles. The SMILES string of the molecule is CCNC(C)c1cc(Br)ccc1Oc1ccccc1C#N. The van der Waals surface area contributed by atoms with Gasteiger partial charge in [0.1, 0.15) is 17.6 Å². The normalized spacial score (nSPS) is 11.7. The zero-order valence-corrected chi connectivity index (χ0v) is 13.6. The van der Waals surface area contributed by atoms with E-state index in [0.29, 0.717) is 11.3 Å². The molecular weight excluding hydrogens is 328 g/mol. The third-order valence-electron chi connectivity index (χ3n) is 3.18. The molecule has 21 heavy (non-hydrogen) atoms. The van der Waals surface area contributed by atoms with E-state index in [-0.39, 0.29) is 6.04 Å². The first-order valence-corrected chi connectivity index (χ1v) is 7.64. The van der Waals surface area contributed by atoms with E-state index < -0.39 is 0 Å². The van der Waals surface area contributed by atoms with Crippen LogP contribution in [0.2, 0.25) is 0 Å². The lowest BCUT2D eigenvalue weighted by atomic mass is 10.1. The van der Waals surface area contributed by atoms with E-state index in [9.17, 15) is 0 Å². The topological polar surface area (TPSA) is 45.0 Å². The van der Waals surface area contributed by atoms with Crippen molar-refractivity contribution in [1.29, 1.82) is 5.26 Å². The lowest BCUT2D eigenvalue weighted by Gasteiger charge is -2.18. The van der Waals surface area contributed by atoms with E-state index >= 15 is 0 Å². The maximum absolute atomic E-state index is 9.15. The Morgan fingerprint density at radius 3 is 2.71 bits per heavy atom. The molecule has 0 spiro atoms. The van der Waals surface area contributed by atoms with Gasteiger partial charge in [0.25, 0.3) is 0 Å². The van der Waals surface area contributed by atoms with Crippen molar-refractivity contribution in [3.63, 3.8) is 0 Å². The zero-order chi connectivity index (χ0) is 15.2. The number of nitrogens with one attached hydrogen (secondary N) is 1. The van der Waals surface area contributed by atoms with Gasteiger partial charge in [-0.2, -0.15) is 5.26 Å². The van der Waals surface area contributed by atoms with Gasteiger partial charge in [-0.15, -0.1) is 0 Å². The fraction of sp³-hybridized carbons (Fsp3) is 0.235. The van der Waals surface area contributed by atoms with Crippen LogP contribution in [0.4, 0.5) is 0 Å². The number of para-hydroxylation sites is 1. The van der Waals surface area contributed by atoms with Crippen molar-refractivity contribution in [1.82, 2.24) is 5.32 Å². The summed E-state index contributed by atoms with van der Waals surface area (Å²) < 4.78 is 6.97. The number of nitrogens with zero attached hydrogens (tertiary/aromatic N) is 1. The highest BCUT2D eigenvalue weighted by molar-refractivity contribution is 9.10. The van der Waals surface area contributed by atoms with Crippen molar-refractivity contribution >= 4 is 15.9 Å². The Morgan fingerprint density at radius 1 is 1.24 bits per heavy atom. The fourth-order valence-corrected chi connectivity index (χ4v) is 2.51. The molecular formula is C17H17BrN2O. The number of ether oxygens (including phenoxy) is 1. The molecule has 1 N–H and O–H groups in total. The molecule has 0 aliphatic heterocycles. The van der Waals surface area contributed by atoms with Gasteiger partial charge in [0.15, 0.2) is 0 Å². The maximum atomic E-state index is 9.15. The highest BCUT2D eigenvalue weighted by Crippen LogP contribution is 2.33. The van der Waals surface area contributed by atoms with Gasteiger partial charge < -0.3 is 10.1 Å². The van der Waals surface area contributed by atoms with E-state index in [4.69, 9.17) is 10.00 Å². The molecule has 0 amide bonds. The average Bonchev–Trinajstić information content (AvgIpc) is 2.49. The van der Waals surface area contributed by atoms with Crippen LogP contribution in [0, 0.1) is 11.3 Å². The van der Waals surface area contributed by atoms with Crippen molar-refractivity contribution in [3.8, 4) is 17.6 Å². The maximum Gasteiger partial charge on any atom is 0.145 e. The van der Waals surface area contributed by atoms with Gasteiger partial charge >= 0.3 is 0 Å². The Hall–Kier alpha value is -1.83. The van der Waals surface area contributed by atoms with Crippen LogP contribution in [-0.4, -0.2) is 6.54 Å². The molecule has 0 fully saturated rings. The summed E-state index contributed by atoms with van der Waals surface area (Å²) in [5.41, 5.74) is 1.58. The lowest BCUT2D eigenvalue weighted by Crippen LogP contribution is -2.18. The molecule has 2 aromatic rings. The Balaban J connectivity index is 2.38. The van der Waals surface area contributed by atoms with Crippen molar-refractivity contribution in [2.24, 2.45) is 0 Å². The van der Waals surface area contributed by atoms with Crippen LogP contribution in [0.25, 0.3) is 0 Å². The molecule has 4 heteroatoms. The molecule has 0 saturated heterocycles. The predicted molar refractivity (Wildman–Crippen MR) is 87.5 cm³/mol. The highest BCUT2D eigenvalue weighted by atomic mass is 79.9. The molecule has 0 aromatic heterocycles. The van der Waals surface area contributed by atoms with E-state index in [1.807, 2.05) is 36.4 Å². The Morgan fingerprint density at radius 2 is 2.00 bits per heavy atom. The standard InChI is InChI=1S/C17H17BrN2O/c1-3-20-12(2)15-10-14(18)8-9-17(15)21-16-7-5-4-6-13(16)11-19/h4-10,12,20H,3H2,1-2H3. The molecule has 0 heterocycles. The van der Waals surface area contributed by atoms with Gasteiger partial charge in [0, 0.05) is 16.1 Å². The minimum Gasteiger partial charge on any atom is -0.456 e. The van der Waals surface area contributed by atoms with Crippen molar-refractivity contribution < 1.29 is 4.74 Å². The van der Waals surface area contributed by atoms with Gasteiger partial charge in [0.2, 0.25) is 0 Å². The Labute approximate surface area is 133 Å². The third kappa shape index (κ3) is 3.84. The largest absolute Gasteiger partial charge is 0.456 e. The van der Waals surface area contributed by atoms with Gasteiger partial charge in [-0.25, -0.2) is 0 Å². The van der Waals surface area contributed by atoms with E-state index in [0.717, 1.165) is 22.3 Å². The summed E-state index contributed by atoms with van der Waals surface area (Å²) in [5.74, 6) is 1.33. The molecule has 0 aliphatic rings. The second kappa shape index (κ2) is 7.26. The van der Waals surface area contributed by atoms with Gasteiger partial charge in [-0.05, 0) is 43.8 Å². The molecule has 0 radical (unpaired) electrons. The zero-order valence-electron chi connectivity index (χ0n) is 12.1. The number of rotatable bonds is 5. The van der Waals surface area contributed by atoms with E-state index in [2.05, 4.69) is 41.2 Å². The smallest absolute Gasteiger partial charge is 0.145 e. The fourth-order valence-electron chi connectivity index (χ4n) is 2.13. The van der Waals surface area contributed by atoms with Crippen LogP contribution in [0.5, 0.6) is 11.5 Å². The van der Waals surface area contributed by atoms with Crippen LogP contribution < -0.4 is 10.1 Å². The average molecular weight is 345 g/mol. The summed E-state index contributed by atoms with van der Waals surface area (Å²) in [6.07, 6.45) is 0. The molecule has 2 aromatic carbocycles. The number of nitriles is 1. The van der Waals surface area contributed by atoms with Crippen LogP contribution in [0.1, 0.15) is 31.0 Å². The van der Waals surface area contributed by atoms with Gasteiger partial charge in [-0.3, -0.25) is 0 Å². The predicted octanol–water partition coefficient (Wildman–Crippen LogP) is 4.78. The molecule has 108 valence electrons. The number of benzene rings is 2. The highest BCUT2D eigenvalue weighted by Gasteiger charge is 2.13. The minimum atomic E-state index is 0.164. The summed E-state index contributed by atoms with van der Waals surface area (Å²) in [5, 5.41) is 12.5. The van der Waals surface area contributed by atoms with Gasteiger partial charge in [0.05, 0.1) is 5.56 Å². The second-order valence-electron chi connectivity index (χ2n) is 4.67. The summed E-state index contributed by atoms with van der Waals surface area (Å²) in [4.78, 5) is 0. The van der Waals surface area contributed by atoms with E-state index in [1.54, 1.807) is 6.07 Å². The second-order valence-corrected chi connectivity index (χ2v) is 5.59. The first kappa shape index (κ1) is 15.6. The first-order chi connectivity index (χ1) is 10.2. The van der Waals surface area contributed by atoms with Crippen LogP contribution in [0.3, 0.4) is 0 Å². The van der Waals surface area contributed by atoms with Crippen LogP contribution in [0.15, 0.2) is 46.9 Å². The summed E-state index contributed by atoms with van der Waals surface area (Å²) >= 11 is 3.49. The summed E-state index contributed by atoms with van der Waals surface area (Å²) in [7, 11) is 0. The Bertz CT molecular complexity index is 664. The van der Waals surface area contributed by atoms with Crippen molar-refractivity contribution in [2.75, 3.05) is 6.54 Å². The van der Waals surface area contributed by atoms with Gasteiger partial charge in [-0.1, -0.05) is 35.0 Å². The molecule has 2 rings (SSSR count). The molecule has 1 unspecified atom stereocenters. The number of hydrogen-bond donors (Lipinski definition) is 1. The van der Waals surface area contributed by atoms with Crippen LogP contribution >= 0.6 is 15.9 Å². The van der Waals surface area contributed by atoms with Crippen molar-refractivity contribution in [2.45, 2.75) is 19.9 Å². The third-order valence-corrected chi connectivity index (χ3v) is 3.67. The van der Waals surface area contributed by atoms with Crippen molar-refractivity contribution in [3.05, 3.63) is 58.1 Å². The van der Waals surface area contributed by atoms with Crippen LogP contribution in [-0.2, 0) is 0 Å². The quantitative estimate of drug-likeness (QED) is 0.848. The van der Waals surface area contributed by atoms with E-state index in [1.165, 1.54) is 0 Å². The summed E-state index contributed by atoms with van der Waals surface area (Å²) in [6, 6.07) is 15.5.